The van der Waals surface area contributed by atoms with E-state index >= 15 is 0 Å². The van der Waals surface area contributed by atoms with Crippen LogP contribution in [0.2, 0.25) is 0 Å². The number of carbonyl (C=O) groups excluding carboxylic acids is 1. The van der Waals surface area contributed by atoms with Crippen LogP contribution in [0.4, 0.5) is 15.8 Å². The number of fused-ring (bicyclic) bond motifs is 1. The smallest absolute Gasteiger partial charge is 0.255 e. The fourth-order valence-corrected chi connectivity index (χ4v) is 3.80. The molecule has 0 bridgehead atoms. The molecule has 0 fully saturated rings. The molecule has 0 spiro atoms. The molecular weight excluding hydrogens is 331 g/mol. The van der Waals surface area contributed by atoms with E-state index in [1.807, 2.05) is 0 Å². The van der Waals surface area contributed by atoms with Crippen molar-refractivity contribution >= 4 is 27.3 Å². The van der Waals surface area contributed by atoms with Gasteiger partial charge in [0, 0.05) is 23.4 Å². The SMILES string of the molecule is Cc1cc(C(=O)Nc2cccc3c2CCN3S(C)(=O)=O)ccc1F. The van der Waals surface area contributed by atoms with E-state index in [0.717, 1.165) is 11.8 Å². The number of amides is 1. The Bertz CT molecular complexity index is 925. The molecule has 24 heavy (non-hydrogen) atoms. The lowest BCUT2D eigenvalue weighted by molar-refractivity contribution is 0.102. The van der Waals surface area contributed by atoms with Crippen molar-refractivity contribution in [2.75, 3.05) is 22.4 Å². The minimum atomic E-state index is -3.34. The summed E-state index contributed by atoms with van der Waals surface area (Å²) < 4.78 is 38.3. The van der Waals surface area contributed by atoms with Crippen molar-refractivity contribution in [1.29, 1.82) is 0 Å². The molecule has 2 aromatic carbocycles. The average Bonchev–Trinajstić information content (AvgIpc) is 2.95. The molecule has 0 saturated carbocycles. The van der Waals surface area contributed by atoms with Crippen LogP contribution in [0.25, 0.3) is 0 Å². The summed E-state index contributed by atoms with van der Waals surface area (Å²) in [5.74, 6) is -0.722. The first-order valence-corrected chi connectivity index (χ1v) is 9.29. The van der Waals surface area contributed by atoms with E-state index in [-0.39, 0.29) is 11.7 Å². The third-order valence-electron chi connectivity index (χ3n) is 4.05. The molecule has 3 rings (SSSR count). The van der Waals surface area contributed by atoms with E-state index in [1.165, 1.54) is 22.5 Å². The molecule has 1 aliphatic heterocycles. The van der Waals surface area contributed by atoms with Crippen molar-refractivity contribution in [3.63, 3.8) is 0 Å². The molecular formula is C17H17FN2O3S. The van der Waals surface area contributed by atoms with Crippen LogP contribution < -0.4 is 9.62 Å². The van der Waals surface area contributed by atoms with E-state index in [9.17, 15) is 17.6 Å². The Morgan fingerprint density at radius 2 is 2.00 bits per heavy atom. The maximum atomic E-state index is 13.3. The topological polar surface area (TPSA) is 66.5 Å². The van der Waals surface area contributed by atoms with Crippen LogP contribution in [0.1, 0.15) is 21.5 Å². The Balaban J connectivity index is 1.91. The molecule has 0 saturated heterocycles. The molecule has 5 nitrogen and oxygen atoms in total. The molecule has 0 unspecified atom stereocenters. The fourth-order valence-electron chi connectivity index (χ4n) is 2.85. The number of nitrogens with one attached hydrogen (secondary N) is 1. The van der Waals surface area contributed by atoms with Gasteiger partial charge in [0.2, 0.25) is 10.0 Å². The second-order valence-electron chi connectivity index (χ2n) is 5.81. The van der Waals surface area contributed by atoms with Crippen molar-refractivity contribution < 1.29 is 17.6 Å². The number of carbonyl (C=O) groups is 1. The first kappa shape index (κ1) is 16.4. The highest BCUT2D eigenvalue weighted by molar-refractivity contribution is 7.92. The summed E-state index contributed by atoms with van der Waals surface area (Å²) >= 11 is 0. The van der Waals surface area contributed by atoms with E-state index in [1.54, 1.807) is 25.1 Å². The van der Waals surface area contributed by atoms with Crippen LogP contribution in [0.5, 0.6) is 0 Å². The van der Waals surface area contributed by atoms with Gasteiger partial charge in [0.15, 0.2) is 0 Å². The van der Waals surface area contributed by atoms with Gasteiger partial charge in [0.25, 0.3) is 5.91 Å². The predicted molar refractivity (Wildman–Crippen MR) is 91.4 cm³/mol. The van der Waals surface area contributed by atoms with E-state index in [2.05, 4.69) is 5.32 Å². The monoisotopic (exact) mass is 348 g/mol. The number of benzene rings is 2. The molecule has 0 aliphatic carbocycles. The first-order valence-electron chi connectivity index (χ1n) is 7.44. The summed E-state index contributed by atoms with van der Waals surface area (Å²) in [7, 11) is -3.34. The second-order valence-corrected chi connectivity index (χ2v) is 7.71. The van der Waals surface area contributed by atoms with Crippen molar-refractivity contribution in [3.05, 3.63) is 58.9 Å². The number of hydrogen-bond donors (Lipinski definition) is 1. The number of sulfonamides is 1. The molecule has 1 aliphatic rings. The number of anilines is 2. The van der Waals surface area contributed by atoms with Crippen LogP contribution >= 0.6 is 0 Å². The van der Waals surface area contributed by atoms with Gasteiger partial charge in [-0.05, 0) is 49.2 Å². The largest absolute Gasteiger partial charge is 0.322 e. The number of rotatable bonds is 3. The van der Waals surface area contributed by atoms with Gasteiger partial charge < -0.3 is 5.32 Å². The van der Waals surface area contributed by atoms with E-state index in [4.69, 9.17) is 0 Å². The highest BCUT2D eigenvalue weighted by Gasteiger charge is 2.28. The average molecular weight is 348 g/mol. The molecule has 7 heteroatoms. The van der Waals surface area contributed by atoms with Crippen molar-refractivity contribution in [3.8, 4) is 0 Å². The molecule has 1 heterocycles. The van der Waals surface area contributed by atoms with E-state index < -0.39 is 10.0 Å². The Kier molecular flexibility index (Phi) is 4.04. The minimum Gasteiger partial charge on any atom is -0.322 e. The first-order chi connectivity index (χ1) is 11.3. The summed E-state index contributed by atoms with van der Waals surface area (Å²) in [6.07, 6.45) is 1.69. The van der Waals surface area contributed by atoms with Crippen molar-refractivity contribution in [2.24, 2.45) is 0 Å². The maximum Gasteiger partial charge on any atom is 0.255 e. The van der Waals surface area contributed by atoms with Crippen LogP contribution in [-0.4, -0.2) is 27.1 Å². The van der Waals surface area contributed by atoms with Gasteiger partial charge >= 0.3 is 0 Å². The lowest BCUT2D eigenvalue weighted by Gasteiger charge is -2.17. The van der Waals surface area contributed by atoms with Gasteiger partial charge in [0.05, 0.1) is 11.9 Å². The lowest BCUT2D eigenvalue weighted by atomic mass is 10.1. The number of hydrogen-bond acceptors (Lipinski definition) is 3. The zero-order valence-electron chi connectivity index (χ0n) is 13.3. The van der Waals surface area contributed by atoms with Crippen LogP contribution in [0.3, 0.4) is 0 Å². The van der Waals surface area contributed by atoms with Gasteiger partial charge in [-0.2, -0.15) is 0 Å². The zero-order chi connectivity index (χ0) is 17.5. The summed E-state index contributed by atoms with van der Waals surface area (Å²) in [6, 6.07) is 9.32. The third-order valence-corrected chi connectivity index (χ3v) is 5.23. The summed E-state index contributed by atoms with van der Waals surface area (Å²) in [6.45, 7) is 1.95. The summed E-state index contributed by atoms with van der Waals surface area (Å²) in [5.41, 5.74) is 2.69. The molecule has 2 aromatic rings. The molecule has 126 valence electrons. The highest BCUT2D eigenvalue weighted by atomic mass is 32.2. The minimum absolute atomic E-state index is 0.351. The second kappa shape index (κ2) is 5.90. The number of aryl methyl sites for hydroxylation is 1. The standard InChI is InChI=1S/C17H17FN2O3S/c1-11-10-12(6-7-14(11)18)17(21)19-15-4-3-5-16-13(15)8-9-20(16)24(2,22)23/h3-7,10H,8-9H2,1-2H3,(H,19,21). The predicted octanol–water partition coefficient (Wildman–Crippen LogP) is 2.71. The zero-order valence-corrected chi connectivity index (χ0v) is 14.2. The quantitative estimate of drug-likeness (QED) is 0.927. The molecule has 1 N–H and O–H groups in total. The van der Waals surface area contributed by atoms with Gasteiger partial charge in [-0.3, -0.25) is 9.10 Å². The molecule has 0 radical (unpaired) electrons. The third kappa shape index (κ3) is 2.99. The maximum absolute atomic E-state index is 13.3. The van der Waals surface area contributed by atoms with Gasteiger partial charge in [-0.15, -0.1) is 0 Å². The Morgan fingerprint density at radius 1 is 1.25 bits per heavy atom. The highest BCUT2D eigenvalue weighted by Crippen LogP contribution is 2.35. The van der Waals surface area contributed by atoms with Crippen LogP contribution in [0.15, 0.2) is 36.4 Å². The van der Waals surface area contributed by atoms with Crippen LogP contribution in [-0.2, 0) is 16.4 Å². The molecule has 0 atom stereocenters. The van der Waals surface area contributed by atoms with Gasteiger partial charge in [0.1, 0.15) is 5.82 Å². The summed E-state index contributed by atoms with van der Waals surface area (Å²) in [5, 5.41) is 2.79. The Morgan fingerprint density at radius 3 is 2.67 bits per heavy atom. The lowest BCUT2D eigenvalue weighted by Crippen LogP contribution is -2.27. The molecule has 1 amide bonds. The Hall–Kier alpha value is -2.41. The van der Waals surface area contributed by atoms with Crippen LogP contribution in [0, 0.1) is 12.7 Å². The molecule has 0 aromatic heterocycles. The normalized spacial score (nSPS) is 13.7. The Labute approximate surface area is 140 Å². The number of nitrogens with zero attached hydrogens (tertiary/aromatic N) is 1. The van der Waals surface area contributed by atoms with Gasteiger partial charge in [-0.1, -0.05) is 6.07 Å². The van der Waals surface area contributed by atoms with Crippen molar-refractivity contribution in [1.82, 2.24) is 0 Å². The summed E-state index contributed by atoms with van der Waals surface area (Å²) in [4.78, 5) is 12.4. The number of halogens is 1. The van der Waals surface area contributed by atoms with Crippen molar-refractivity contribution in [2.45, 2.75) is 13.3 Å². The fraction of sp³-hybridized carbons (Fsp3) is 0.235. The van der Waals surface area contributed by atoms with E-state index in [0.29, 0.717) is 35.5 Å². The van der Waals surface area contributed by atoms with Gasteiger partial charge in [-0.25, -0.2) is 12.8 Å².